The number of benzene rings is 1. The standard InChI is InChI=1S/C24H27ClN4O/c1-24(9-3-4-11-28-30,23-15-26-16-29(23)2)21-12-18-6-5-10-27-22(18)13-17-7-8-19(25)14-20(17)21/h5-8,10,12,14-16,22,27H,3-4,9,11,13H2,1-2H3. The number of allylic oxidation sites excluding steroid dienone is 3. The average molecular weight is 423 g/mol. The van der Waals surface area contributed by atoms with Gasteiger partial charge in [-0.1, -0.05) is 41.4 Å². The van der Waals surface area contributed by atoms with E-state index >= 15 is 0 Å². The Hall–Kier alpha value is -2.66. The molecule has 0 bridgehead atoms. The van der Waals surface area contributed by atoms with Crippen LogP contribution in [0.25, 0.3) is 5.57 Å². The van der Waals surface area contributed by atoms with E-state index in [2.05, 4.69) is 57.3 Å². The fourth-order valence-electron chi connectivity index (χ4n) is 4.71. The molecule has 5 nitrogen and oxygen atoms in total. The van der Waals surface area contributed by atoms with Crippen molar-refractivity contribution in [3.05, 3.63) is 87.5 Å². The van der Waals surface area contributed by atoms with Crippen LogP contribution in [-0.2, 0) is 18.9 Å². The number of hydrogen-bond donors (Lipinski definition) is 1. The minimum atomic E-state index is -0.287. The molecule has 1 aromatic heterocycles. The van der Waals surface area contributed by atoms with Gasteiger partial charge in [-0.3, -0.25) is 0 Å². The monoisotopic (exact) mass is 422 g/mol. The normalized spacial score (nSPS) is 19.5. The van der Waals surface area contributed by atoms with Crippen molar-refractivity contribution in [2.45, 2.75) is 44.1 Å². The van der Waals surface area contributed by atoms with Gasteiger partial charge in [-0.25, -0.2) is 4.98 Å². The summed E-state index contributed by atoms with van der Waals surface area (Å²) in [7, 11) is 2.04. The van der Waals surface area contributed by atoms with Crippen molar-refractivity contribution in [2.24, 2.45) is 12.2 Å². The Morgan fingerprint density at radius 3 is 3.00 bits per heavy atom. The number of hydrogen-bond acceptors (Lipinski definition) is 4. The quantitative estimate of drug-likeness (QED) is 0.485. The van der Waals surface area contributed by atoms with E-state index in [9.17, 15) is 4.91 Å². The van der Waals surface area contributed by atoms with Crippen LogP contribution in [0.2, 0.25) is 5.02 Å². The molecule has 1 aromatic carbocycles. The number of nitroso groups, excluding NO2 is 1. The van der Waals surface area contributed by atoms with Gasteiger partial charge in [0.25, 0.3) is 0 Å². The zero-order valence-corrected chi connectivity index (χ0v) is 18.2. The molecule has 0 radical (unpaired) electrons. The number of aryl methyl sites for hydroxylation is 1. The fraction of sp³-hybridized carbons (Fsp3) is 0.375. The van der Waals surface area contributed by atoms with E-state index in [4.69, 9.17) is 11.6 Å². The van der Waals surface area contributed by atoms with Gasteiger partial charge >= 0.3 is 0 Å². The van der Waals surface area contributed by atoms with Crippen LogP contribution in [0, 0.1) is 4.91 Å². The Bertz CT molecular complexity index is 1040. The van der Waals surface area contributed by atoms with Crippen LogP contribution >= 0.6 is 11.6 Å². The Kier molecular flexibility index (Phi) is 5.91. The smallest absolute Gasteiger partial charge is 0.0945 e. The van der Waals surface area contributed by atoms with E-state index in [0.29, 0.717) is 6.54 Å². The number of unbranched alkanes of at least 4 members (excludes halogenated alkanes) is 1. The van der Waals surface area contributed by atoms with E-state index in [-0.39, 0.29) is 11.5 Å². The highest BCUT2D eigenvalue weighted by Gasteiger charge is 2.37. The van der Waals surface area contributed by atoms with Crippen molar-refractivity contribution in [3.63, 3.8) is 0 Å². The van der Waals surface area contributed by atoms with E-state index < -0.39 is 0 Å². The molecule has 0 spiro atoms. The zero-order chi connectivity index (χ0) is 21.1. The summed E-state index contributed by atoms with van der Waals surface area (Å²) in [5, 5.41) is 7.28. The third kappa shape index (κ3) is 3.86. The van der Waals surface area contributed by atoms with Crippen molar-refractivity contribution in [1.82, 2.24) is 14.9 Å². The summed E-state index contributed by atoms with van der Waals surface area (Å²) < 4.78 is 2.10. The lowest BCUT2D eigenvalue weighted by atomic mass is 9.71. The third-order valence-corrected chi connectivity index (χ3v) is 6.57. The van der Waals surface area contributed by atoms with Crippen LogP contribution < -0.4 is 5.32 Å². The second kappa shape index (κ2) is 8.60. The Morgan fingerprint density at radius 2 is 2.23 bits per heavy atom. The van der Waals surface area contributed by atoms with Crippen molar-refractivity contribution in [2.75, 3.05) is 6.54 Å². The molecule has 0 saturated heterocycles. The SMILES string of the molecule is Cn1cncc1C(C)(CCCCN=O)C1=CC2=CC=CNC2Cc2ccc(Cl)cc21. The molecule has 2 aliphatic rings. The molecule has 0 amide bonds. The van der Waals surface area contributed by atoms with Crippen molar-refractivity contribution < 1.29 is 0 Å². The zero-order valence-electron chi connectivity index (χ0n) is 17.4. The van der Waals surface area contributed by atoms with Gasteiger partial charge in [0.2, 0.25) is 0 Å². The molecule has 4 rings (SSSR count). The predicted molar refractivity (Wildman–Crippen MR) is 122 cm³/mol. The van der Waals surface area contributed by atoms with Crippen molar-refractivity contribution in [3.8, 4) is 0 Å². The van der Waals surface area contributed by atoms with Gasteiger partial charge < -0.3 is 9.88 Å². The molecule has 2 atom stereocenters. The highest BCUT2D eigenvalue weighted by Crippen LogP contribution is 2.46. The number of fused-ring (bicyclic) bond motifs is 2. The molecular weight excluding hydrogens is 396 g/mol. The van der Waals surface area contributed by atoms with Crippen LogP contribution in [-0.4, -0.2) is 22.1 Å². The average Bonchev–Trinajstić information content (AvgIpc) is 3.10. The maximum Gasteiger partial charge on any atom is 0.0945 e. The molecule has 6 heteroatoms. The Labute approximate surface area is 182 Å². The minimum Gasteiger partial charge on any atom is -0.384 e. The van der Waals surface area contributed by atoms with Gasteiger partial charge in [0.1, 0.15) is 0 Å². The van der Waals surface area contributed by atoms with Gasteiger partial charge in [-0.05, 0) is 72.9 Å². The summed E-state index contributed by atoms with van der Waals surface area (Å²) in [6.45, 7) is 2.63. The summed E-state index contributed by atoms with van der Waals surface area (Å²) in [6, 6.07) is 6.45. The first-order chi connectivity index (χ1) is 14.5. The van der Waals surface area contributed by atoms with E-state index in [1.165, 1.54) is 22.3 Å². The molecule has 156 valence electrons. The molecule has 0 saturated carbocycles. The second-order valence-electron chi connectivity index (χ2n) is 8.34. The lowest BCUT2D eigenvalue weighted by Crippen LogP contribution is -2.29. The highest BCUT2D eigenvalue weighted by atomic mass is 35.5. The number of nitrogens with zero attached hydrogens (tertiary/aromatic N) is 3. The van der Waals surface area contributed by atoms with Crippen molar-refractivity contribution in [1.29, 1.82) is 0 Å². The number of rotatable bonds is 7. The molecular formula is C24H27ClN4O. The Balaban J connectivity index is 1.88. The van der Waals surface area contributed by atoms with E-state index in [1.807, 2.05) is 31.8 Å². The van der Waals surface area contributed by atoms with E-state index in [1.54, 1.807) is 0 Å². The molecule has 2 unspecified atom stereocenters. The molecule has 30 heavy (non-hydrogen) atoms. The first-order valence-corrected chi connectivity index (χ1v) is 10.8. The van der Waals surface area contributed by atoms with Crippen molar-refractivity contribution >= 4 is 17.2 Å². The fourth-order valence-corrected chi connectivity index (χ4v) is 4.88. The summed E-state index contributed by atoms with van der Waals surface area (Å²) in [6.07, 6.45) is 15.9. The van der Waals surface area contributed by atoms with E-state index in [0.717, 1.165) is 36.4 Å². The van der Waals surface area contributed by atoms with Gasteiger partial charge in [0, 0.05) is 29.4 Å². The molecule has 2 aromatic rings. The lowest BCUT2D eigenvalue weighted by Gasteiger charge is -2.34. The summed E-state index contributed by atoms with van der Waals surface area (Å²) in [4.78, 5) is 15.0. The maximum atomic E-state index is 10.6. The minimum absolute atomic E-state index is 0.238. The largest absolute Gasteiger partial charge is 0.384 e. The van der Waals surface area contributed by atoms with Crippen LogP contribution in [0.1, 0.15) is 43.0 Å². The Morgan fingerprint density at radius 1 is 1.37 bits per heavy atom. The van der Waals surface area contributed by atoms with Gasteiger partial charge in [0.05, 0.1) is 18.9 Å². The number of nitrogens with one attached hydrogen (secondary N) is 1. The predicted octanol–water partition coefficient (Wildman–Crippen LogP) is 5.32. The number of dihydropyridines is 1. The van der Waals surface area contributed by atoms with Gasteiger partial charge in [-0.2, -0.15) is 4.91 Å². The summed E-state index contributed by atoms with van der Waals surface area (Å²) in [5.41, 5.74) is 5.85. The van der Waals surface area contributed by atoms with Gasteiger partial charge in [0.15, 0.2) is 0 Å². The van der Waals surface area contributed by atoms with Crippen LogP contribution in [0.4, 0.5) is 0 Å². The third-order valence-electron chi connectivity index (χ3n) is 6.33. The van der Waals surface area contributed by atoms with Crippen LogP contribution in [0.15, 0.2) is 65.9 Å². The number of imidazole rings is 1. The van der Waals surface area contributed by atoms with Crippen LogP contribution in [0.5, 0.6) is 0 Å². The first kappa shape index (κ1) is 20.6. The molecule has 1 aliphatic carbocycles. The van der Waals surface area contributed by atoms with Gasteiger partial charge in [-0.15, -0.1) is 0 Å². The highest BCUT2D eigenvalue weighted by molar-refractivity contribution is 6.30. The molecule has 0 fully saturated rings. The molecule has 2 heterocycles. The van der Waals surface area contributed by atoms with Crippen LogP contribution in [0.3, 0.4) is 0 Å². The number of aromatic nitrogens is 2. The molecule has 1 aliphatic heterocycles. The summed E-state index contributed by atoms with van der Waals surface area (Å²) >= 11 is 6.47. The maximum absolute atomic E-state index is 10.6. The first-order valence-electron chi connectivity index (χ1n) is 10.4. The summed E-state index contributed by atoms with van der Waals surface area (Å²) in [5.74, 6) is 0. The molecule has 1 N–H and O–H groups in total. The number of halogens is 1. The second-order valence-corrected chi connectivity index (χ2v) is 8.78. The topological polar surface area (TPSA) is 59.3 Å². The lowest BCUT2D eigenvalue weighted by molar-refractivity contribution is 0.491.